The van der Waals surface area contributed by atoms with Gasteiger partial charge in [0.15, 0.2) is 5.78 Å². The summed E-state index contributed by atoms with van der Waals surface area (Å²) in [5, 5.41) is 17.0. The number of nitrogens with one attached hydrogen (secondary N) is 6. The maximum atomic E-state index is 14.0. The topological polar surface area (TPSA) is 418 Å². The molecule has 0 fully saturated rings. The predicted octanol–water partition coefficient (Wildman–Crippen LogP) is -1.47. The van der Waals surface area contributed by atoms with Crippen LogP contribution in [0.4, 0.5) is 0 Å². The fourth-order valence-electron chi connectivity index (χ4n) is 7.60. The van der Waals surface area contributed by atoms with Gasteiger partial charge >= 0.3 is 0 Å². The fraction of sp³-hybridized carbons (Fsp3) is 0.857. The SMILES string of the molecule is CCOCCOCCNC(=O)[C@H](CCCCCC(=O)C(CCCCNC(=O)[C@@H](N)CCCCN)NC(=O)[C@@H](N)CCCCN)NC(=O)[C@H](CCCCNC(=O)[C@@H](N)CCCCN)NC(=O)[C@@H](N)CCCCN. The molecule has 0 bridgehead atoms. The molecule has 0 spiro atoms. The first-order valence-corrected chi connectivity index (χ1v) is 26.9. The van der Waals surface area contributed by atoms with Gasteiger partial charge in [-0.1, -0.05) is 38.5 Å². The van der Waals surface area contributed by atoms with Gasteiger partial charge in [-0.05, 0) is 136 Å². The summed E-state index contributed by atoms with van der Waals surface area (Å²) in [4.78, 5) is 92.6. The third-order valence-electron chi connectivity index (χ3n) is 12.2. The van der Waals surface area contributed by atoms with E-state index in [1.807, 2.05) is 6.92 Å². The van der Waals surface area contributed by atoms with E-state index in [4.69, 9.17) is 55.3 Å². The lowest BCUT2D eigenvalue weighted by Crippen LogP contribution is -2.56. The number of carbonyl (C=O) groups is 7. The highest BCUT2D eigenvalue weighted by atomic mass is 16.5. The normalized spacial score (nSPS) is 14.2. The van der Waals surface area contributed by atoms with Gasteiger partial charge in [0.05, 0.1) is 50.0 Å². The van der Waals surface area contributed by atoms with Crippen molar-refractivity contribution in [3.8, 4) is 0 Å². The number of ether oxygens (including phenoxy) is 2. The molecule has 23 heteroatoms. The Morgan fingerprint density at radius 1 is 0.361 bits per heavy atom. The van der Waals surface area contributed by atoms with E-state index in [9.17, 15) is 33.6 Å². The number of hydrogen-bond acceptors (Lipinski definition) is 17. The molecule has 0 aliphatic heterocycles. The first kappa shape index (κ1) is 68.1. The zero-order valence-electron chi connectivity index (χ0n) is 43.9. The minimum absolute atomic E-state index is 0.143. The second-order valence-corrected chi connectivity index (χ2v) is 18.5. The molecule has 0 heterocycles. The highest BCUT2D eigenvalue weighted by Gasteiger charge is 2.29. The average Bonchev–Trinajstić information content (AvgIpc) is 3.36. The highest BCUT2D eigenvalue weighted by Crippen LogP contribution is 2.13. The molecule has 0 aromatic rings. The van der Waals surface area contributed by atoms with E-state index in [1.165, 1.54) is 0 Å². The zero-order chi connectivity index (χ0) is 53.8. The largest absolute Gasteiger partial charge is 0.379 e. The monoisotopic (exact) mass is 1030 g/mol. The summed E-state index contributed by atoms with van der Waals surface area (Å²) in [5.74, 6) is -2.64. The van der Waals surface area contributed by atoms with Crippen LogP contribution in [0.2, 0.25) is 0 Å². The van der Waals surface area contributed by atoms with Crippen LogP contribution in [-0.4, -0.2) is 156 Å². The number of nitrogens with two attached hydrogens (primary N) is 8. The van der Waals surface area contributed by atoms with Gasteiger partial charge in [-0.25, -0.2) is 0 Å². The average molecular weight is 1030 g/mol. The Kier molecular flexibility index (Phi) is 43.2. The number of ketones is 1. The molecule has 0 aromatic heterocycles. The van der Waals surface area contributed by atoms with Crippen molar-refractivity contribution >= 4 is 41.2 Å². The van der Waals surface area contributed by atoms with E-state index in [2.05, 4.69) is 31.9 Å². The number of hydrogen-bond donors (Lipinski definition) is 14. The summed E-state index contributed by atoms with van der Waals surface area (Å²) in [6, 6.07) is -5.79. The van der Waals surface area contributed by atoms with Gasteiger partial charge in [0, 0.05) is 32.7 Å². The third kappa shape index (κ3) is 35.3. The number of Topliss-reactive ketones (excluding diaryl/α,β-unsaturated/α-hetero) is 1. The molecule has 72 heavy (non-hydrogen) atoms. The van der Waals surface area contributed by atoms with Crippen LogP contribution in [0.3, 0.4) is 0 Å². The molecule has 420 valence electrons. The van der Waals surface area contributed by atoms with Crippen LogP contribution < -0.4 is 77.8 Å². The van der Waals surface area contributed by atoms with E-state index in [0.717, 1.165) is 32.1 Å². The molecule has 0 aromatic carbocycles. The summed E-state index contributed by atoms with van der Waals surface area (Å²) < 4.78 is 10.9. The van der Waals surface area contributed by atoms with Crippen LogP contribution in [0.25, 0.3) is 0 Å². The molecule has 0 saturated heterocycles. The molecule has 23 nitrogen and oxygen atoms in total. The van der Waals surface area contributed by atoms with E-state index in [-0.39, 0.29) is 50.0 Å². The summed E-state index contributed by atoms with van der Waals surface area (Å²) in [6.07, 6.45) is 12.0. The minimum Gasteiger partial charge on any atom is -0.379 e. The summed E-state index contributed by atoms with van der Waals surface area (Å²) in [7, 11) is 0. The van der Waals surface area contributed by atoms with Crippen LogP contribution >= 0.6 is 0 Å². The van der Waals surface area contributed by atoms with E-state index >= 15 is 0 Å². The Labute approximate surface area is 430 Å². The van der Waals surface area contributed by atoms with E-state index < -0.39 is 65.9 Å². The highest BCUT2D eigenvalue weighted by molar-refractivity contribution is 5.93. The molecule has 0 saturated carbocycles. The lowest BCUT2D eigenvalue weighted by atomic mass is 9.98. The lowest BCUT2D eigenvalue weighted by Gasteiger charge is -2.24. The molecule has 6 amide bonds. The van der Waals surface area contributed by atoms with Gasteiger partial charge in [0.25, 0.3) is 0 Å². The minimum atomic E-state index is -1.04. The summed E-state index contributed by atoms with van der Waals surface area (Å²) in [5.41, 5.74) is 46.7. The van der Waals surface area contributed by atoms with Crippen molar-refractivity contribution in [2.75, 3.05) is 72.2 Å². The van der Waals surface area contributed by atoms with Crippen molar-refractivity contribution < 1.29 is 43.0 Å². The molecule has 22 N–H and O–H groups in total. The molecule has 0 radical (unpaired) electrons. The fourth-order valence-corrected chi connectivity index (χ4v) is 7.60. The van der Waals surface area contributed by atoms with Crippen LogP contribution in [0.15, 0.2) is 0 Å². The second kappa shape index (κ2) is 45.7. The van der Waals surface area contributed by atoms with Crippen molar-refractivity contribution in [2.45, 2.75) is 197 Å². The Balaban J connectivity index is 5.89. The number of unbranched alkanes of at least 4 members (excludes halogenated alkanes) is 8. The molecule has 0 rings (SSSR count). The van der Waals surface area contributed by atoms with Crippen molar-refractivity contribution in [3.05, 3.63) is 0 Å². The molecule has 1 unspecified atom stereocenters. The van der Waals surface area contributed by atoms with Gasteiger partial charge in [-0.2, -0.15) is 0 Å². The lowest BCUT2D eigenvalue weighted by molar-refractivity contribution is -0.132. The molecular weight excluding hydrogens is 929 g/mol. The smallest absolute Gasteiger partial charge is 0.243 e. The molecule has 0 aliphatic rings. The Morgan fingerprint density at radius 3 is 1.18 bits per heavy atom. The van der Waals surface area contributed by atoms with Gasteiger partial charge < -0.3 is 87.2 Å². The third-order valence-corrected chi connectivity index (χ3v) is 12.2. The Bertz CT molecular complexity index is 1470. The molecule has 0 aliphatic carbocycles. The van der Waals surface area contributed by atoms with Gasteiger partial charge in [0.2, 0.25) is 35.4 Å². The number of carbonyl (C=O) groups excluding carboxylic acids is 7. The second-order valence-electron chi connectivity index (χ2n) is 18.5. The first-order valence-electron chi connectivity index (χ1n) is 26.9. The molecular formula is C49H100N14O9. The predicted molar refractivity (Wildman–Crippen MR) is 281 cm³/mol. The first-order chi connectivity index (χ1) is 34.7. The van der Waals surface area contributed by atoms with Crippen molar-refractivity contribution in [3.63, 3.8) is 0 Å². The summed E-state index contributed by atoms with van der Waals surface area (Å²) in [6.45, 7) is 6.24. The van der Waals surface area contributed by atoms with E-state index in [1.54, 1.807) is 0 Å². The Morgan fingerprint density at radius 2 is 0.722 bits per heavy atom. The van der Waals surface area contributed by atoms with Gasteiger partial charge in [-0.3, -0.25) is 33.6 Å². The summed E-state index contributed by atoms with van der Waals surface area (Å²) >= 11 is 0. The molecule has 7 atom stereocenters. The van der Waals surface area contributed by atoms with Gasteiger partial charge in [-0.15, -0.1) is 0 Å². The maximum absolute atomic E-state index is 14.0. The van der Waals surface area contributed by atoms with E-state index in [0.29, 0.717) is 155 Å². The van der Waals surface area contributed by atoms with Crippen LogP contribution in [0, 0.1) is 0 Å². The maximum Gasteiger partial charge on any atom is 0.243 e. The van der Waals surface area contributed by atoms with Crippen LogP contribution in [0.5, 0.6) is 0 Å². The Hall–Kier alpha value is -3.91. The van der Waals surface area contributed by atoms with Gasteiger partial charge in [0.1, 0.15) is 12.1 Å². The standard InChI is InChI=1S/C49H100N14O9/c1-2-71-34-35-72-33-32-60-48(69)41(63-49(70)42(62-47(68)39(57)21-9-15-29-53)24-11-17-31-59-45(66)37(55)19-7-13-27-51)23-4-3-5-25-43(64)40(61-46(67)38(56)20-8-14-28-52)22-10-16-30-58-44(65)36(54)18-6-12-26-50/h36-42H,2-35,50-57H2,1H3,(H,58,65)(H,59,66)(H,60,69)(H,61,67)(H,62,68)(H,63,70)/t36-,37-,38-,39-,40?,41-,42-/m0/s1. The van der Waals surface area contributed by atoms with Crippen molar-refractivity contribution in [1.82, 2.24) is 31.9 Å². The number of amides is 6. The number of rotatable bonds is 49. The van der Waals surface area contributed by atoms with Crippen molar-refractivity contribution in [2.24, 2.45) is 45.9 Å². The quantitative estimate of drug-likeness (QED) is 0.0309. The van der Waals surface area contributed by atoms with Crippen LogP contribution in [0.1, 0.15) is 155 Å². The zero-order valence-corrected chi connectivity index (χ0v) is 43.9. The van der Waals surface area contributed by atoms with Crippen molar-refractivity contribution in [1.29, 1.82) is 0 Å². The van der Waals surface area contributed by atoms with Crippen LogP contribution in [-0.2, 0) is 43.0 Å².